The summed E-state index contributed by atoms with van der Waals surface area (Å²) in [6.07, 6.45) is 3.40. The Hall–Kier alpha value is -3.68. The number of nitrogens with zero attached hydrogens (tertiary/aromatic N) is 1. The second kappa shape index (κ2) is 11.2. The van der Waals surface area contributed by atoms with Crippen LogP contribution in [0.5, 0.6) is 0 Å². The van der Waals surface area contributed by atoms with Crippen molar-refractivity contribution in [2.24, 2.45) is 5.92 Å². The molecular weight excluding hydrogens is 512 g/mol. The highest BCUT2D eigenvalue weighted by Gasteiger charge is 2.76. The topological polar surface area (TPSA) is 156 Å². The second-order valence-electron chi connectivity index (χ2n) is 9.58. The van der Waals surface area contributed by atoms with E-state index in [-0.39, 0.29) is 31.1 Å². The fourth-order valence-electron chi connectivity index (χ4n) is 5.07. The summed E-state index contributed by atoms with van der Waals surface area (Å²) < 4.78 is 15.8. The molecule has 2 aliphatic heterocycles. The van der Waals surface area contributed by atoms with Crippen molar-refractivity contribution in [3.05, 3.63) is 81.9 Å². The Morgan fingerprint density at radius 2 is 1.85 bits per heavy atom. The number of fused-ring (bicyclic) bond motifs is 2. The summed E-state index contributed by atoms with van der Waals surface area (Å²) in [7, 11) is 1.41. The lowest BCUT2D eigenvalue weighted by Gasteiger charge is -2.51. The van der Waals surface area contributed by atoms with Crippen LogP contribution in [0.25, 0.3) is 6.08 Å². The Morgan fingerprint density at radius 1 is 1.10 bits per heavy atom. The minimum Gasteiger partial charge on any atom is -0.461 e. The van der Waals surface area contributed by atoms with E-state index < -0.39 is 45.7 Å². The van der Waals surface area contributed by atoms with Crippen molar-refractivity contribution >= 4 is 23.7 Å². The number of nitro benzene ring substituents is 1. The number of benzene rings is 2. The molecule has 2 aliphatic rings. The first-order chi connectivity index (χ1) is 18.6. The largest absolute Gasteiger partial charge is 0.461 e. The van der Waals surface area contributed by atoms with Gasteiger partial charge in [-0.2, -0.15) is 0 Å². The molecule has 2 saturated heterocycles. The molecule has 39 heavy (non-hydrogen) atoms. The van der Waals surface area contributed by atoms with Gasteiger partial charge in [0.1, 0.15) is 19.1 Å². The van der Waals surface area contributed by atoms with Crippen molar-refractivity contribution in [2.45, 2.75) is 36.8 Å². The van der Waals surface area contributed by atoms with Crippen LogP contribution >= 0.6 is 0 Å². The summed E-state index contributed by atoms with van der Waals surface area (Å²) in [6.45, 7) is 2.58. The van der Waals surface area contributed by atoms with E-state index in [0.29, 0.717) is 0 Å². The lowest BCUT2D eigenvalue weighted by Crippen LogP contribution is -2.76. The van der Waals surface area contributed by atoms with Crippen LogP contribution in [-0.2, 0) is 33.6 Å². The zero-order chi connectivity index (χ0) is 28.3. The van der Waals surface area contributed by atoms with Crippen LogP contribution in [0.2, 0.25) is 0 Å². The van der Waals surface area contributed by atoms with Gasteiger partial charge in [0, 0.05) is 25.2 Å². The third-order valence-electron chi connectivity index (χ3n) is 6.93. The number of nitro groups is 1. The summed E-state index contributed by atoms with van der Waals surface area (Å²) in [5, 5.41) is 26.6. The van der Waals surface area contributed by atoms with Crippen molar-refractivity contribution in [2.75, 3.05) is 26.9 Å². The number of aliphatic hydroxyl groups is 1. The molecule has 2 aromatic rings. The number of non-ortho nitro benzene ring substituents is 1. The molecule has 0 amide bonds. The number of carbonyl (C=O) groups excluding carboxylic acids is 2. The minimum absolute atomic E-state index is 0.0434. The molecule has 5 atom stereocenters. The Balaban J connectivity index is 1.74. The van der Waals surface area contributed by atoms with Crippen molar-refractivity contribution in [3.8, 4) is 0 Å². The van der Waals surface area contributed by atoms with E-state index in [4.69, 9.17) is 24.0 Å². The fraction of sp³-hybridized carbons (Fsp3) is 0.407. The summed E-state index contributed by atoms with van der Waals surface area (Å²) >= 11 is 0. The molecule has 0 aliphatic carbocycles. The molecule has 4 rings (SSSR count). The first-order valence-corrected chi connectivity index (χ1v) is 12.2. The SMILES string of the molecule is COCCOC(=O)[C@@]1(O)[C@H](c2cccc([N+](=O)[O-])c2)[C@H](C(=O)OC/C=C/c2ccccc2)[C@@]2(C)N[C@]1(C)OO2. The van der Waals surface area contributed by atoms with Gasteiger partial charge in [-0.1, -0.05) is 48.5 Å². The summed E-state index contributed by atoms with van der Waals surface area (Å²) in [6, 6.07) is 14.7. The van der Waals surface area contributed by atoms with Gasteiger partial charge in [-0.05, 0) is 31.1 Å². The summed E-state index contributed by atoms with van der Waals surface area (Å²) in [4.78, 5) is 49.0. The number of ether oxygens (including phenoxy) is 3. The van der Waals surface area contributed by atoms with Crippen LogP contribution in [-0.4, -0.2) is 65.9 Å². The smallest absolute Gasteiger partial charge is 0.343 e. The lowest BCUT2D eigenvalue weighted by molar-refractivity contribution is -0.385. The first-order valence-electron chi connectivity index (χ1n) is 12.2. The maximum atomic E-state index is 13.6. The molecule has 12 nitrogen and oxygen atoms in total. The number of carbonyl (C=O) groups is 2. The Labute approximate surface area is 224 Å². The normalized spacial score (nSPS) is 29.7. The maximum Gasteiger partial charge on any atom is 0.343 e. The van der Waals surface area contributed by atoms with Crippen molar-refractivity contribution in [1.29, 1.82) is 0 Å². The molecule has 12 heteroatoms. The first kappa shape index (κ1) is 28.3. The average molecular weight is 543 g/mol. The van der Waals surface area contributed by atoms with E-state index in [9.17, 15) is 24.8 Å². The number of rotatable bonds is 10. The van der Waals surface area contributed by atoms with Crippen molar-refractivity contribution < 1.29 is 43.6 Å². The highest BCUT2D eigenvalue weighted by molar-refractivity contribution is 5.86. The Kier molecular flexibility index (Phi) is 8.14. The van der Waals surface area contributed by atoms with Crippen LogP contribution in [0.4, 0.5) is 5.69 Å². The van der Waals surface area contributed by atoms with Gasteiger partial charge in [0.2, 0.25) is 5.60 Å². The summed E-state index contributed by atoms with van der Waals surface area (Å²) in [5.74, 6) is -4.81. The highest BCUT2D eigenvalue weighted by Crippen LogP contribution is 2.56. The highest BCUT2D eigenvalue weighted by atomic mass is 17.2. The number of nitrogens with one attached hydrogen (secondary N) is 1. The van der Waals surface area contributed by atoms with Gasteiger partial charge in [0.15, 0.2) is 11.4 Å². The number of piperidine rings is 1. The van der Waals surface area contributed by atoms with Crippen LogP contribution in [0.15, 0.2) is 60.7 Å². The maximum absolute atomic E-state index is 13.6. The van der Waals surface area contributed by atoms with Gasteiger partial charge in [-0.15, -0.1) is 0 Å². The zero-order valence-corrected chi connectivity index (χ0v) is 21.7. The van der Waals surface area contributed by atoms with Crippen LogP contribution in [0.3, 0.4) is 0 Å². The van der Waals surface area contributed by atoms with E-state index in [2.05, 4.69) is 5.32 Å². The molecule has 0 aromatic heterocycles. The van der Waals surface area contributed by atoms with Gasteiger partial charge in [0.05, 0.1) is 11.5 Å². The predicted octanol–water partition coefficient (Wildman–Crippen LogP) is 2.47. The molecule has 0 radical (unpaired) electrons. The third kappa shape index (κ3) is 5.29. The second-order valence-corrected chi connectivity index (χ2v) is 9.58. The standard InChI is InChI=1S/C27H30N2O10/c1-25-22(23(30)36-14-8-11-18-9-5-4-6-10-18)21(19-12-7-13-20(17-19)29(33)34)27(32,24(31)37-16-15-35-3)26(2,28-25)39-38-25/h4-13,17,21-22,28,32H,14-16H2,1-3H3/b11-8+/t21-,22-,25+,26-,27+/m1/s1. The quantitative estimate of drug-likeness (QED) is 0.149. The summed E-state index contributed by atoms with van der Waals surface area (Å²) in [5.41, 5.74) is -5.36. The van der Waals surface area contributed by atoms with Crippen molar-refractivity contribution in [1.82, 2.24) is 5.32 Å². The van der Waals surface area contributed by atoms with E-state index in [1.54, 1.807) is 12.2 Å². The Morgan fingerprint density at radius 3 is 2.54 bits per heavy atom. The number of hydrogen-bond acceptors (Lipinski definition) is 11. The monoisotopic (exact) mass is 542 g/mol. The van der Waals surface area contributed by atoms with Gasteiger partial charge < -0.3 is 19.3 Å². The zero-order valence-electron chi connectivity index (χ0n) is 21.7. The van der Waals surface area contributed by atoms with E-state index >= 15 is 0 Å². The average Bonchev–Trinajstić information content (AvgIpc) is 3.22. The van der Waals surface area contributed by atoms with Crippen LogP contribution in [0, 0.1) is 16.0 Å². The number of methoxy groups -OCH3 is 1. The van der Waals surface area contributed by atoms with Crippen molar-refractivity contribution in [3.63, 3.8) is 0 Å². The van der Waals surface area contributed by atoms with E-state index in [0.717, 1.165) is 5.56 Å². The van der Waals surface area contributed by atoms with Gasteiger partial charge in [-0.3, -0.25) is 20.2 Å². The molecule has 0 unspecified atom stereocenters. The molecule has 2 heterocycles. The molecule has 2 N–H and O–H groups in total. The Bertz CT molecular complexity index is 1250. The molecular formula is C27H30N2O10. The van der Waals surface area contributed by atoms with Gasteiger partial charge in [-0.25, -0.2) is 14.6 Å². The van der Waals surface area contributed by atoms with Crippen LogP contribution < -0.4 is 5.32 Å². The fourth-order valence-corrected chi connectivity index (χ4v) is 5.07. The van der Waals surface area contributed by atoms with Crippen LogP contribution in [0.1, 0.15) is 30.9 Å². The lowest BCUT2D eigenvalue weighted by atomic mass is 9.63. The third-order valence-corrected chi connectivity index (χ3v) is 6.93. The molecule has 208 valence electrons. The minimum atomic E-state index is -2.59. The van der Waals surface area contributed by atoms with E-state index in [1.165, 1.54) is 45.2 Å². The molecule has 2 bridgehead atoms. The van der Waals surface area contributed by atoms with E-state index in [1.807, 2.05) is 30.3 Å². The molecule has 0 saturated carbocycles. The van der Waals surface area contributed by atoms with Gasteiger partial charge in [0.25, 0.3) is 5.69 Å². The predicted molar refractivity (Wildman–Crippen MR) is 136 cm³/mol. The molecule has 0 spiro atoms. The molecule has 2 aromatic carbocycles. The number of hydrogen-bond donors (Lipinski definition) is 2. The van der Waals surface area contributed by atoms with Gasteiger partial charge >= 0.3 is 11.9 Å². The number of esters is 2. The molecule has 2 fully saturated rings.